The van der Waals surface area contributed by atoms with E-state index in [1.165, 1.54) is 0 Å². The van der Waals surface area contributed by atoms with Gasteiger partial charge in [0.2, 0.25) is 0 Å². The summed E-state index contributed by atoms with van der Waals surface area (Å²) in [6, 6.07) is 11.0. The number of likely N-dealkylation sites (N-methyl/N-ethyl adjacent to an activating group) is 2. The van der Waals surface area contributed by atoms with Gasteiger partial charge in [-0.2, -0.15) is 5.26 Å². The van der Waals surface area contributed by atoms with Gasteiger partial charge in [-0.25, -0.2) is 0 Å². The van der Waals surface area contributed by atoms with E-state index in [2.05, 4.69) is 41.2 Å². The van der Waals surface area contributed by atoms with E-state index in [0.29, 0.717) is 12.1 Å². The molecule has 2 rings (SSSR count). The highest BCUT2D eigenvalue weighted by Gasteiger charge is 2.30. The van der Waals surface area contributed by atoms with Crippen LogP contribution in [0.4, 0.5) is 5.69 Å². The second-order valence-corrected chi connectivity index (χ2v) is 5.35. The molecule has 1 aromatic carbocycles. The summed E-state index contributed by atoms with van der Waals surface area (Å²) in [7, 11) is 4.16. The quantitative estimate of drug-likeness (QED) is 0.887. The zero-order valence-electron chi connectivity index (χ0n) is 11.9. The van der Waals surface area contributed by atoms with Crippen LogP contribution in [-0.4, -0.2) is 50.7 Å². The predicted molar refractivity (Wildman–Crippen MR) is 78.3 cm³/mol. The lowest BCUT2D eigenvalue weighted by atomic mass is 10.0. The molecule has 0 radical (unpaired) electrons. The van der Waals surface area contributed by atoms with Crippen molar-refractivity contribution < 1.29 is 0 Å². The fourth-order valence-electron chi connectivity index (χ4n) is 3.02. The second kappa shape index (κ2) is 6.05. The Hall–Kier alpha value is -1.57. The lowest BCUT2D eigenvalue weighted by Gasteiger charge is -2.46. The molecule has 2 unspecified atom stereocenters. The van der Waals surface area contributed by atoms with Gasteiger partial charge in [0.25, 0.3) is 0 Å². The molecule has 1 saturated heterocycles. The van der Waals surface area contributed by atoms with Crippen LogP contribution in [0.1, 0.15) is 12.5 Å². The summed E-state index contributed by atoms with van der Waals surface area (Å²) in [5.41, 5.74) is 1.88. The van der Waals surface area contributed by atoms with Crippen LogP contribution in [0.15, 0.2) is 24.3 Å². The number of anilines is 1. The van der Waals surface area contributed by atoms with Crippen LogP contribution in [0.5, 0.6) is 0 Å². The number of hydrogen-bond acceptors (Lipinski definition) is 4. The summed E-state index contributed by atoms with van der Waals surface area (Å²) >= 11 is 0. The van der Waals surface area contributed by atoms with Crippen LogP contribution in [0.2, 0.25) is 0 Å². The minimum atomic E-state index is 0.438. The number of nitrogens with one attached hydrogen (secondary N) is 1. The van der Waals surface area contributed by atoms with Crippen LogP contribution in [0.3, 0.4) is 0 Å². The van der Waals surface area contributed by atoms with Gasteiger partial charge in [-0.3, -0.25) is 0 Å². The Morgan fingerprint density at radius 1 is 1.42 bits per heavy atom. The van der Waals surface area contributed by atoms with Crippen LogP contribution in [0.25, 0.3) is 0 Å². The standard InChI is InChI=1S/C15H22N4/c1-12-10-18(3)11-15(9-17-2)19(12)14-6-4-5-13(7-14)8-16/h4-7,12,15,17H,9-11H2,1-3H3. The van der Waals surface area contributed by atoms with Gasteiger partial charge in [0.15, 0.2) is 0 Å². The fourth-order valence-corrected chi connectivity index (χ4v) is 3.02. The van der Waals surface area contributed by atoms with Crippen molar-refractivity contribution in [2.45, 2.75) is 19.0 Å². The molecule has 1 aliphatic heterocycles. The van der Waals surface area contributed by atoms with Crippen molar-refractivity contribution in [2.24, 2.45) is 0 Å². The molecule has 19 heavy (non-hydrogen) atoms. The van der Waals surface area contributed by atoms with Crippen LogP contribution < -0.4 is 10.2 Å². The first-order chi connectivity index (χ1) is 9.15. The lowest BCUT2D eigenvalue weighted by Crippen LogP contribution is -2.59. The Labute approximate surface area is 115 Å². The zero-order chi connectivity index (χ0) is 13.8. The smallest absolute Gasteiger partial charge is 0.0992 e. The van der Waals surface area contributed by atoms with Crippen molar-refractivity contribution in [3.8, 4) is 6.07 Å². The number of nitriles is 1. The third kappa shape index (κ3) is 3.06. The Morgan fingerprint density at radius 3 is 2.89 bits per heavy atom. The topological polar surface area (TPSA) is 42.3 Å². The van der Waals surface area contributed by atoms with Crippen molar-refractivity contribution in [2.75, 3.05) is 38.6 Å². The lowest BCUT2D eigenvalue weighted by molar-refractivity contribution is 0.231. The maximum Gasteiger partial charge on any atom is 0.0992 e. The van der Waals surface area contributed by atoms with Gasteiger partial charge in [0.1, 0.15) is 0 Å². The summed E-state index contributed by atoms with van der Waals surface area (Å²) in [6.45, 7) is 5.29. The van der Waals surface area contributed by atoms with Gasteiger partial charge in [-0.15, -0.1) is 0 Å². The summed E-state index contributed by atoms with van der Waals surface area (Å²) < 4.78 is 0. The summed E-state index contributed by atoms with van der Waals surface area (Å²) in [4.78, 5) is 4.81. The molecule has 102 valence electrons. The first-order valence-electron chi connectivity index (χ1n) is 6.77. The first kappa shape index (κ1) is 13.9. The summed E-state index contributed by atoms with van der Waals surface area (Å²) in [6.07, 6.45) is 0. The second-order valence-electron chi connectivity index (χ2n) is 5.35. The minimum Gasteiger partial charge on any atom is -0.362 e. The van der Waals surface area contributed by atoms with Crippen LogP contribution in [0, 0.1) is 11.3 Å². The molecule has 0 aliphatic carbocycles. The molecule has 1 aromatic rings. The van der Waals surface area contributed by atoms with E-state index in [9.17, 15) is 0 Å². The molecule has 1 N–H and O–H groups in total. The zero-order valence-corrected chi connectivity index (χ0v) is 11.9. The number of rotatable bonds is 3. The number of benzene rings is 1. The van der Waals surface area contributed by atoms with E-state index in [0.717, 1.165) is 30.9 Å². The van der Waals surface area contributed by atoms with Crippen LogP contribution in [-0.2, 0) is 0 Å². The monoisotopic (exact) mass is 258 g/mol. The maximum absolute atomic E-state index is 9.05. The molecule has 0 amide bonds. The number of piperazine rings is 1. The average molecular weight is 258 g/mol. The highest BCUT2D eigenvalue weighted by molar-refractivity contribution is 5.53. The molecule has 1 fully saturated rings. The largest absolute Gasteiger partial charge is 0.362 e. The van der Waals surface area contributed by atoms with Crippen molar-refractivity contribution >= 4 is 5.69 Å². The molecule has 1 aliphatic rings. The van der Waals surface area contributed by atoms with E-state index >= 15 is 0 Å². The van der Waals surface area contributed by atoms with Gasteiger partial charge in [-0.1, -0.05) is 6.07 Å². The van der Waals surface area contributed by atoms with Crippen molar-refractivity contribution in [1.82, 2.24) is 10.2 Å². The van der Waals surface area contributed by atoms with Gasteiger partial charge in [0.05, 0.1) is 17.7 Å². The normalized spacial score (nSPS) is 24.2. The third-order valence-corrected chi connectivity index (χ3v) is 3.68. The third-order valence-electron chi connectivity index (χ3n) is 3.68. The molecule has 4 nitrogen and oxygen atoms in total. The summed E-state index contributed by atoms with van der Waals surface area (Å²) in [5, 5.41) is 12.3. The Kier molecular flexibility index (Phi) is 4.41. The average Bonchev–Trinajstić information content (AvgIpc) is 2.38. The number of hydrogen-bond donors (Lipinski definition) is 1. The Morgan fingerprint density at radius 2 is 2.21 bits per heavy atom. The van der Waals surface area contributed by atoms with E-state index in [1.807, 2.05) is 25.2 Å². The molecule has 1 heterocycles. The van der Waals surface area contributed by atoms with E-state index < -0.39 is 0 Å². The van der Waals surface area contributed by atoms with Gasteiger partial charge in [-0.05, 0) is 39.2 Å². The highest BCUT2D eigenvalue weighted by Crippen LogP contribution is 2.24. The van der Waals surface area contributed by atoms with Crippen molar-refractivity contribution in [3.63, 3.8) is 0 Å². The van der Waals surface area contributed by atoms with E-state index in [4.69, 9.17) is 5.26 Å². The van der Waals surface area contributed by atoms with Crippen molar-refractivity contribution in [3.05, 3.63) is 29.8 Å². The Bertz CT molecular complexity index is 465. The van der Waals surface area contributed by atoms with E-state index in [1.54, 1.807) is 0 Å². The molecular formula is C15H22N4. The molecule has 0 bridgehead atoms. The Balaban J connectivity index is 2.29. The molecule has 0 aromatic heterocycles. The minimum absolute atomic E-state index is 0.438. The first-order valence-corrected chi connectivity index (χ1v) is 6.77. The molecule has 2 atom stereocenters. The van der Waals surface area contributed by atoms with E-state index in [-0.39, 0.29) is 0 Å². The summed E-state index contributed by atoms with van der Waals surface area (Å²) in [5.74, 6) is 0. The number of nitrogens with zero attached hydrogens (tertiary/aromatic N) is 3. The predicted octanol–water partition coefficient (Wildman–Crippen LogP) is 1.29. The fraction of sp³-hybridized carbons (Fsp3) is 0.533. The van der Waals surface area contributed by atoms with Gasteiger partial charge in [0, 0.05) is 31.4 Å². The molecular weight excluding hydrogens is 236 g/mol. The molecule has 0 saturated carbocycles. The van der Waals surface area contributed by atoms with Crippen molar-refractivity contribution in [1.29, 1.82) is 5.26 Å². The highest BCUT2D eigenvalue weighted by atomic mass is 15.3. The molecule has 0 spiro atoms. The SMILES string of the molecule is CNCC1CN(C)CC(C)N1c1cccc(C#N)c1. The van der Waals surface area contributed by atoms with Gasteiger partial charge < -0.3 is 15.1 Å². The molecule has 4 heteroatoms. The maximum atomic E-state index is 9.05. The van der Waals surface area contributed by atoms with Crippen LogP contribution >= 0.6 is 0 Å². The van der Waals surface area contributed by atoms with Gasteiger partial charge >= 0.3 is 0 Å².